The molecule has 1 aromatic heterocycles. The van der Waals surface area contributed by atoms with Crippen LogP contribution in [-0.4, -0.2) is 42.3 Å². The van der Waals surface area contributed by atoms with Crippen LogP contribution in [0, 0.1) is 0 Å². The van der Waals surface area contributed by atoms with Crippen molar-refractivity contribution in [3.8, 4) is 0 Å². The second-order valence-corrected chi connectivity index (χ2v) is 6.42. The third-order valence-corrected chi connectivity index (χ3v) is 4.76. The van der Waals surface area contributed by atoms with Gasteiger partial charge in [-0.25, -0.2) is 0 Å². The fourth-order valence-corrected chi connectivity index (χ4v) is 3.35. The Bertz CT molecular complexity index is 799. The molecule has 128 valence electrons. The molecule has 6 nitrogen and oxygen atoms in total. The summed E-state index contributed by atoms with van der Waals surface area (Å²) in [5.41, 5.74) is 1.06. The summed E-state index contributed by atoms with van der Waals surface area (Å²) in [6.45, 7) is 4.42. The second kappa shape index (κ2) is 7.31. The molecule has 0 bridgehead atoms. The molecule has 2 aromatic rings. The number of carbonyl (C=O) groups is 3. The highest BCUT2D eigenvalue weighted by molar-refractivity contribution is 7.14. The molecule has 0 aliphatic carbocycles. The van der Waals surface area contributed by atoms with Crippen LogP contribution < -0.4 is 10.2 Å². The van der Waals surface area contributed by atoms with Gasteiger partial charge in [-0.15, -0.1) is 11.3 Å². The van der Waals surface area contributed by atoms with Crippen LogP contribution >= 0.6 is 11.3 Å². The summed E-state index contributed by atoms with van der Waals surface area (Å²) in [7, 11) is 0. The van der Waals surface area contributed by atoms with Gasteiger partial charge >= 0.3 is 0 Å². The quantitative estimate of drug-likeness (QED) is 0.856. The largest absolute Gasteiger partial charge is 0.328 e. The van der Waals surface area contributed by atoms with E-state index >= 15 is 0 Å². The summed E-state index contributed by atoms with van der Waals surface area (Å²) in [5.74, 6) is -0.591. The molecule has 1 saturated heterocycles. The van der Waals surface area contributed by atoms with E-state index in [9.17, 15) is 14.4 Å². The summed E-state index contributed by atoms with van der Waals surface area (Å²) in [6, 6.07) is 10.4. The Balaban J connectivity index is 1.65. The van der Waals surface area contributed by atoms with Crippen LogP contribution in [0.4, 0.5) is 10.7 Å². The highest BCUT2D eigenvalue weighted by atomic mass is 32.1. The number of amides is 3. The van der Waals surface area contributed by atoms with Crippen LogP contribution in [0.25, 0.3) is 0 Å². The third kappa shape index (κ3) is 3.77. The van der Waals surface area contributed by atoms with Crippen LogP contribution in [0.2, 0.25) is 0 Å². The van der Waals surface area contributed by atoms with Crippen molar-refractivity contribution in [3.05, 3.63) is 60.0 Å². The van der Waals surface area contributed by atoms with E-state index in [0.29, 0.717) is 24.3 Å². The van der Waals surface area contributed by atoms with Crippen molar-refractivity contribution in [3.63, 3.8) is 0 Å². The van der Waals surface area contributed by atoms with E-state index in [1.807, 2.05) is 17.5 Å². The van der Waals surface area contributed by atoms with E-state index < -0.39 is 0 Å². The van der Waals surface area contributed by atoms with Gasteiger partial charge in [-0.1, -0.05) is 6.58 Å². The minimum Gasteiger partial charge on any atom is -0.328 e. The summed E-state index contributed by atoms with van der Waals surface area (Å²) >= 11 is 1.51. The molecule has 25 heavy (non-hydrogen) atoms. The monoisotopic (exact) mass is 355 g/mol. The summed E-state index contributed by atoms with van der Waals surface area (Å²) < 4.78 is 0. The van der Waals surface area contributed by atoms with Gasteiger partial charge in [0.15, 0.2) is 0 Å². The Labute approximate surface area is 149 Å². The lowest BCUT2D eigenvalue weighted by molar-refractivity contribution is -0.120. The predicted octanol–water partition coefficient (Wildman–Crippen LogP) is 2.36. The smallest absolute Gasteiger partial charge is 0.254 e. The van der Waals surface area contributed by atoms with Crippen molar-refractivity contribution in [2.24, 2.45) is 0 Å². The molecule has 1 aliphatic rings. The Hall–Kier alpha value is -2.93. The van der Waals surface area contributed by atoms with Crippen molar-refractivity contribution in [2.45, 2.75) is 0 Å². The van der Waals surface area contributed by atoms with Crippen molar-refractivity contribution in [1.29, 1.82) is 0 Å². The number of carbonyl (C=O) groups excluding carboxylic acids is 3. The van der Waals surface area contributed by atoms with Gasteiger partial charge in [0.2, 0.25) is 11.8 Å². The van der Waals surface area contributed by atoms with Gasteiger partial charge in [0.1, 0.15) is 6.54 Å². The van der Waals surface area contributed by atoms with Crippen LogP contribution in [0.5, 0.6) is 0 Å². The van der Waals surface area contributed by atoms with Crippen LogP contribution in [0.15, 0.2) is 54.4 Å². The summed E-state index contributed by atoms with van der Waals surface area (Å²) in [5, 5.41) is 5.45. The molecule has 0 atom stereocenters. The van der Waals surface area contributed by atoms with Crippen molar-refractivity contribution < 1.29 is 14.4 Å². The lowest BCUT2D eigenvalue weighted by atomic mass is 10.1. The van der Waals surface area contributed by atoms with Gasteiger partial charge in [0, 0.05) is 24.3 Å². The molecule has 1 aromatic carbocycles. The van der Waals surface area contributed by atoms with Crippen molar-refractivity contribution in [2.75, 3.05) is 29.9 Å². The molecular formula is C18H17N3O3S. The molecule has 1 N–H and O–H groups in total. The maximum atomic E-state index is 12.6. The van der Waals surface area contributed by atoms with Crippen molar-refractivity contribution in [1.82, 2.24) is 4.90 Å². The fourth-order valence-electron chi connectivity index (χ4n) is 2.58. The van der Waals surface area contributed by atoms with Gasteiger partial charge in [0.05, 0.1) is 5.00 Å². The summed E-state index contributed by atoms with van der Waals surface area (Å²) in [6.07, 6.45) is 1.18. The third-order valence-electron chi connectivity index (χ3n) is 3.86. The second-order valence-electron chi connectivity index (χ2n) is 5.49. The maximum absolute atomic E-state index is 12.6. The molecule has 0 saturated carbocycles. The van der Waals surface area contributed by atoms with Crippen LogP contribution in [0.3, 0.4) is 0 Å². The van der Waals surface area contributed by atoms with Crippen LogP contribution in [-0.2, 0) is 9.59 Å². The first-order valence-corrected chi connectivity index (χ1v) is 8.63. The van der Waals surface area contributed by atoms with Gasteiger partial charge in [-0.05, 0) is 47.9 Å². The molecule has 2 heterocycles. The Morgan fingerprint density at radius 2 is 1.92 bits per heavy atom. The number of nitrogens with one attached hydrogen (secondary N) is 1. The number of rotatable bonds is 4. The van der Waals surface area contributed by atoms with E-state index in [4.69, 9.17) is 0 Å². The standard InChI is InChI=1S/C18H17N3O3S/c1-2-15(22)19-14-7-5-13(6-8-14)18(24)20-9-10-21(16(23)12-20)17-4-3-11-25-17/h2-8,11H,1,9-10,12H2,(H,19,22). The number of hydrogen-bond acceptors (Lipinski definition) is 4. The first-order valence-electron chi connectivity index (χ1n) is 7.75. The Morgan fingerprint density at radius 3 is 2.52 bits per heavy atom. The van der Waals surface area contributed by atoms with Gasteiger partial charge in [0.25, 0.3) is 5.91 Å². The number of thiophene rings is 1. The van der Waals surface area contributed by atoms with Gasteiger partial charge in [-0.3, -0.25) is 14.4 Å². The first-order chi connectivity index (χ1) is 12.1. The molecule has 0 unspecified atom stereocenters. The molecular weight excluding hydrogens is 338 g/mol. The van der Waals surface area contributed by atoms with E-state index in [-0.39, 0.29) is 24.3 Å². The lowest BCUT2D eigenvalue weighted by Gasteiger charge is -2.33. The molecule has 0 spiro atoms. The van der Waals surface area contributed by atoms with E-state index in [2.05, 4.69) is 11.9 Å². The fraction of sp³-hybridized carbons (Fsp3) is 0.167. The average molecular weight is 355 g/mol. The minimum absolute atomic E-state index is 0.0612. The zero-order valence-corrected chi connectivity index (χ0v) is 14.3. The zero-order valence-electron chi connectivity index (χ0n) is 13.5. The molecule has 3 amide bonds. The van der Waals surface area contributed by atoms with E-state index in [1.165, 1.54) is 17.4 Å². The van der Waals surface area contributed by atoms with Gasteiger partial charge < -0.3 is 15.1 Å². The highest BCUT2D eigenvalue weighted by Gasteiger charge is 2.28. The Morgan fingerprint density at radius 1 is 1.16 bits per heavy atom. The number of benzene rings is 1. The van der Waals surface area contributed by atoms with E-state index in [1.54, 1.807) is 34.1 Å². The average Bonchev–Trinajstić information content (AvgIpc) is 3.16. The predicted molar refractivity (Wildman–Crippen MR) is 97.8 cm³/mol. The normalized spacial score (nSPS) is 14.3. The lowest BCUT2D eigenvalue weighted by Crippen LogP contribution is -2.52. The van der Waals surface area contributed by atoms with Crippen molar-refractivity contribution >= 4 is 39.7 Å². The first kappa shape index (κ1) is 16.9. The molecule has 3 rings (SSSR count). The van der Waals surface area contributed by atoms with Crippen LogP contribution in [0.1, 0.15) is 10.4 Å². The zero-order chi connectivity index (χ0) is 17.8. The molecule has 0 radical (unpaired) electrons. The molecule has 7 heteroatoms. The summed E-state index contributed by atoms with van der Waals surface area (Å²) in [4.78, 5) is 39.4. The number of nitrogens with zero attached hydrogens (tertiary/aromatic N) is 2. The molecule has 1 aliphatic heterocycles. The highest BCUT2D eigenvalue weighted by Crippen LogP contribution is 2.23. The minimum atomic E-state index is -0.311. The topological polar surface area (TPSA) is 69.7 Å². The number of anilines is 2. The van der Waals surface area contributed by atoms with E-state index in [0.717, 1.165) is 5.00 Å². The molecule has 1 fully saturated rings. The maximum Gasteiger partial charge on any atom is 0.254 e. The van der Waals surface area contributed by atoms with Gasteiger partial charge in [-0.2, -0.15) is 0 Å². The Kier molecular flexibility index (Phi) is 4.95. The SMILES string of the molecule is C=CC(=O)Nc1ccc(C(=O)N2CCN(c3cccs3)C(=O)C2)cc1. The number of hydrogen-bond donors (Lipinski definition) is 1. The number of piperazine rings is 1.